The predicted octanol–water partition coefficient (Wildman–Crippen LogP) is 3.54. The summed E-state index contributed by atoms with van der Waals surface area (Å²) in [5.41, 5.74) is 1.30. The molecule has 76 valence electrons. The lowest BCUT2D eigenvalue weighted by atomic mass is 10.2. The average molecular weight is 262 g/mol. The Morgan fingerprint density at radius 2 is 2.14 bits per heavy atom. The number of ether oxygens (including phenoxy) is 1. The van der Waals surface area contributed by atoms with E-state index in [0.29, 0.717) is 0 Å². The largest absolute Gasteiger partial charge is 0.492 e. The van der Waals surface area contributed by atoms with Gasteiger partial charge in [0.05, 0.1) is 11.5 Å². The molecular weight excluding hydrogens is 252 g/mol. The number of benzene rings is 1. The van der Waals surface area contributed by atoms with E-state index >= 15 is 0 Å². The van der Waals surface area contributed by atoms with Crippen LogP contribution in [0.3, 0.4) is 0 Å². The molecule has 0 saturated carbocycles. The minimum Gasteiger partial charge on any atom is -0.492 e. The Kier molecular flexibility index (Phi) is 3.87. The van der Waals surface area contributed by atoms with Gasteiger partial charge in [0.2, 0.25) is 0 Å². The first kappa shape index (κ1) is 10.9. The van der Waals surface area contributed by atoms with Gasteiger partial charge in [-0.1, -0.05) is 10.8 Å². The summed E-state index contributed by atoms with van der Waals surface area (Å²) in [5.74, 6) is 1.04. The van der Waals surface area contributed by atoms with Gasteiger partial charge >= 0.3 is 0 Å². The Hall–Kier alpha value is 0.420. The molecule has 1 heterocycles. The molecule has 0 saturated heterocycles. The zero-order chi connectivity index (χ0) is 9.97. The summed E-state index contributed by atoms with van der Waals surface area (Å²) in [7, 11) is 1.49. The lowest BCUT2D eigenvalue weighted by Crippen LogP contribution is -1.87. The molecule has 0 radical (unpaired) electrons. The summed E-state index contributed by atoms with van der Waals surface area (Å²) in [5, 5.41) is 0.781. The molecule has 1 aliphatic heterocycles. The van der Waals surface area contributed by atoms with Crippen molar-refractivity contribution in [2.24, 2.45) is 0 Å². The van der Waals surface area contributed by atoms with Crippen molar-refractivity contribution in [3.63, 3.8) is 0 Å². The van der Waals surface area contributed by atoms with E-state index in [9.17, 15) is 0 Å². The molecule has 0 aliphatic carbocycles. The van der Waals surface area contributed by atoms with Gasteiger partial charge in [-0.25, -0.2) is 0 Å². The van der Waals surface area contributed by atoms with E-state index in [1.807, 2.05) is 0 Å². The Balaban J connectivity index is 2.42. The molecular formula is C9H10OS4. The fourth-order valence-corrected chi connectivity index (χ4v) is 3.49. The van der Waals surface area contributed by atoms with Crippen molar-refractivity contribution in [3.8, 4) is 5.75 Å². The molecule has 14 heavy (non-hydrogen) atoms. The molecule has 5 heteroatoms. The van der Waals surface area contributed by atoms with Gasteiger partial charge in [0.15, 0.2) is 0 Å². The summed E-state index contributed by atoms with van der Waals surface area (Å²) in [4.78, 5) is 2.41. The molecule has 0 bridgehead atoms. The lowest BCUT2D eigenvalue weighted by molar-refractivity contribution is 0.349. The summed E-state index contributed by atoms with van der Waals surface area (Å²) in [6, 6.07) is 4.19. The molecule has 1 aromatic rings. The third kappa shape index (κ3) is 2.01. The van der Waals surface area contributed by atoms with Crippen LogP contribution in [0.1, 0.15) is 5.56 Å². The fourth-order valence-electron chi connectivity index (χ4n) is 1.51. The molecule has 1 aliphatic rings. The second-order valence-corrected chi connectivity index (χ2v) is 5.76. The maximum atomic E-state index is 5.62. The summed E-state index contributed by atoms with van der Waals surface area (Å²) in [6.07, 6.45) is 0.999. The van der Waals surface area contributed by atoms with E-state index in [1.54, 1.807) is 11.8 Å². The minimum atomic E-state index is 0.781. The number of fused-ring (bicyclic) bond motifs is 1. The molecule has 2 rings (SSSR count). The van der Waals surface area contributed by atoms with E-state index in [0.717, 1.165) is 23.9 Å². The van der Waals surface area contributed by atoms with Crippen molar-refractivity contribution in [1.29, 1.82) is 0 Å². The van der Waals surface area contributed by atoms with Crippen LogP contribution in [0.5, 0.6) is 5.75 Å². The van der Waals surface area contributed by atoms with Gasteiger partial charge in [-0.3, -0.25) is 0 Å². The molecule has 0 aromatic heterocycles. The number of thioether (sulfide) groups is 1. The van der Waals surface area contributed by atoms with Crippen LogP contribution < -0.4 is 4.74 Å². The Morgan fingerprint density at radius 3 is 2.86 bits per heavy atom. The van der Waals surface area contributed by atoms with Gasteiger partial charge in [0.1, 0.15) is 5.75 Å². The number of rotatable bonds is 3. The number of hydrogen-bond donors (Lipinski definition) is 2. The van der Waals surface area contributed by atoms with Gasteiger partial charge in [-0.05, 0) is 12.1 Å². The highest BCUT2D eigenvalue weighted by molar-refractivity contribution is 8.68. The van der Waals surface area contributed by atoms with E-state index in [2.05, 4.69) is 36.4 Å². The Morgan fingerprint density at radius 1 is 1.36 bits per heavy atom. The highest BCUT2D eigenvalue weighted by Crippen LogP contribution is 2.42. The van der Waals surface area contributed by atoms with E-state index in [4.69, 9.17) is 4.74 Å². The fraction of sp³-hybridized carbons (Fsp3) is 0.333. The summed E-state index contributed by atoms with van der Waals surface area (Å²) in [6.45, 7) is 0.792. The molecule has 0 fully saturated rings. The van der Waals surface area contributed by atoms with Crippen LogP contribution in [0, 0.1) is 0 Å². The van der Waals surface area contributed by atoms with Gasteiger partial charge in [0.25, 0.3) is 0 Å². The normalized spacial score (nSPS) is 13.9. The van der Waals surface area contributed by atoms with E-state index < -0.39 is 0 Å². The maximum absolute atomic E-state index is 5.62. The first-order valence-corrected chi connectivity index (χ1v) is 7.69. The van der Waals surface area contributed by atoms with Crippen LogP contribution in [0.15, 0.2) is 21.9 Å². The van der Waals surface area contributed by atoms with Crippen LogP contribution in [0.2, 0.25) is 0 Å². The molecule has 0 atom stereocenters. The van der Waals surface area contributed by atoms with Crippen LogP contribution in [0.4, 0.5) is 0 Å². The van der Waals surface area contributed by atoms with Gasteiger partial charge in [0, 0.05) is 22.0 Å². The number of thiol groups is 2. The highest BCUT2D eigenvalue weighted by Gasteiger charge is 2.19. The molecule has 1 aromatic carbocycles. The van der Waals surface area contributed by atoms with Crippen molar-refractivity contribution in [2.45, 2.75) is 16.2 Å². The topological polar surface area (TPSA) is 9.23 Å². The van der Waals surface area contributed by atoms with Crippen molar-refractivity contribution < 1.29 is 4.74 Å². The van der Waals surface area contributed by atoms with Crippen LogP contribution in [-0.2, 0) is 6.42 Å². The van der Waals surface area contributed by atoms with E-state index in [-0.39, 0.29) is 0 Å². The number of hydrogen-bond acceptors (Lipinski definition) is 5. The first-order chi connectivity index (χ1) is 6.86. The smallest absolute Gasteiger partial charge is 0.137 e. The second-order valence-electron chi connectivity index (χ2n) is 2.83. The van der Waals surface area contributed by atoms with Crippen LogP contribution in [0.25, 0.3) is 0 Å². The van der Waals surface area contributed by atoms with Crippen molar-refractivity contribution in [2.75, 3.05) is 11.7 Å². The monoisotopic (exact) mass is 262 g/mol. The summed E-state index contributed by atoms with van der Waals surface area (Å²) >= 11 is 10.1. The zero-order valence-corrected chi connectivity index (χ0v) is 10.8. The van der Waals surface area contributed by atoms with Gasteiger partial charge in [-0.2, -0.15) is 12.6 Å². The average Bonchev–Trinajstić information content (AvgIpc) is 2.67. The molecule has 0 spiro atoms. The van der Waals surface area contributed by atoms with Crippen LogP contribution >= 0.6 is 46.8 Å². The zero-order valence-electron chi connectivity index (χ0n) is 7.40. The third-order valence-corrected chi connectivity index (χ3v) is 4.42. The van der Waals surface area contributed by atoms with E-state index in [1.165, 1.54) is 26.1 Å². The molecule has 0 unspecified atom stereocenters. The van der Waals surface area contributed by atoms with Crippen LogP contribution in [-0.4, -0.2) is 11.7 Å². The molecule has 1 nitrogen and oxygen atoms in total. The Labute approximate surface area is 103 Å². The SMILES string of the molecule is SCSc1ccc(SS)c2c1OCC2. The van der Waals surface area contributed by atoms with Crippen molar-refractivity contribution in [3.05, 3.63) is 17.7 Å². The van der Waals surface area contributed by atoms with Gasteiger partial charge < -0.3 is 4.74 Å². The van der Waals surface area contributed by atoms with Gasteiger partial charge in [-0.15, -0.1) is 23.4 Å². The molecule has 0 N–H and O–H groups in total. The quantitative estimate of drug-likeness (QED) is 0.373. The predicted molar refractivity (Wildman–Crippen MR) is 70.2 cm³/mol. The van der Waals surface area contributed by atoms with Crippen molar-refractivity contribution >= 4 is 46.8 Å². The van der Waals surface area contributed by atoms with Crippen molar-refractivity contribution in [1.82, 2.24) is 0 Å². The minimum absolute atomic E-state index is 0.781. The lowest BCUT2D eigenvalue weighted by Gasteiger charge is -2.08. The summed E-state index contributed by atoms with van der Waals surface area (Å²) < 4.78 is 5.62. The molecule has 0 amide bonds. The standard InChI is InChI=1S/C9H10OS4/c11-5-13-8-2-1-7(14-12)6-3-4-10-9(6)8/h1-2,11-12H,3-5H2. The third-order valence-electron chi connectivity index (χ3n) is 2.10. The first-order valence-electron chi connectivity index (χ1n) is 4.20. The highest BCUT2D eigenvalue weighted by atomic mass is 33.1. The second kappa shape index (κ2) is 4.96. The maximum Gasteiger partial charge on any atom is 0.137 e. The Bertz CT molecular complexity index is 340.